The van der Waals surface area contributed by atoms with E-state index in [1.165, 1.54) is 6.42 Å². The Hall–Kier alpha value is -1.47. The van der Waals surface area contributed by atoms with Gasteiger partial charge < -0.3 is 9.64 Å². The molecule has 0 aromatic carbocycles. The van der Waals surface area contributed by atoms with Crippen molar-refractivity contribution >= 4 is 12.0 Å². The highest BCUT2D eigenvalue weighted by molar-refractivity contribution is 5.86. The van der Waals surface area contributed by atoms with Gasteiger partial charge in [0.25, 0.3) is 0 Å². The van der Waals surface area contributed by atoms with Gasteiger partial charge in [0.05, 0.1) is 0 Å². The molecule has 2 amide bonds. The zero-order chi connectivity index (χ0) is 18.4. The lowest BCUT2D eigenvalue weighted by molar-refractivity contribution is -0.163. The topological polar surface area (TPSA) is 49.9 Å². The van der Waals surface area contributed by atoms with Gasteiger partial charge in [-0.25, -0.2) is 4.79 Å². The number of amides is 2. The van der Waals surface area contributed by atoms with Crippen molar-refractivity contribution in [3.63, 3.8) is 0 Å². The van der Waals surface area contributed by atoms with Gasteiger partial charge in [-0.05, 0) is 25.7 Å². The lowest BCUT2D eigenvalue weighted by Crippen LogP contribution is -2.50. The van der Waals surface area contributed by atoms with Crippen LogP contribution in [0.3, 0.4) is 0 Å². The highest BCUT2D eigenvalue weighted by atomic mass is 19.4. The van der Waals surface area contributed by atoms with E-state index in [4.69, 9.17) is 0 Å². The standard InChI is InChI=1S/C17H27F3N2O3/c1-21(13-8-5-3-2-4-6-9-13)15(23)14-10-7-11-22(14)16(24)25-12-17(18,19)20/h13-14H,2-12H2,1H3. The summed E-state index contributed by atoms with van der Waals surface area (Å²) in [5.74, 6) is -0.188. The van der Waals surface area contributed by atoms with Crippen molar-refractivity contribution in [1.29, 1.82) is 0 Å². The number of ether oxygens (including phenoxy) is 1. The van der Waals surface area contributed by atoms with E-state index >= 15 is 0 Å². The molecule has 2 rings (SSSR count). The number of carbonyl (C=O) groups is 2. The van der Waals surface area contributed by atoms with Gasteiger partial charge in [0.2, 0.25) is 5.91 Å². The molecule has 25 heavy (non-hydrogen) atoms. The first-order chi connectivity index (χ1) is 11.8. The molecule has 0 bridgehead atoms. The predicted octanol–water partition coefficient (Wildman–Crippen LogP) is 3.72. The predicted molar refractivity (Wildman–Crippen MR) is 86.0 cm³/mol. The minimum Gasteiger partial charge on any atom is -0.440 e. The fourth-order valence-corrected chi connectivity index (χ4v) is 3.71. The molecule has 1 atom stereocenters. The molecule has 1 aliphatic carbocycles. The van der Waals surface area contributed by atoms with Crippen LogP contribution in [0.25, 0.3) is 0 Å². The maximum Gasteiger partial charge on any atom is 0.422 e. The molecular formula is C17H27F3N2O3. The van der Waals surface area contributed by atoms with E-state index in [-0.39, 0.29) is 18.5 Å². The number of likely N-dealkylation sites (tertiary alicyclic amines) is 1. The highest BCUT2D eigenvalue weighted by Crippen LogP contribution is 2.25. The van der Waals surface area contributed by atoms with E-state index in [0.29, 0.717) is 12.8 Å². The summed E-state index contributed by atoms with van der Waals surface area (Å²) in [4.78, 5) is 27.6. The SMILES string of the molecule is CN(C(=O)C1CCCN1C(=O)OCC(F)(F)F)C1CCCCCCC1. The molecule has 5 nitrogen and oxygen atoms in total. The molecule has 8 heteroatoms. The molecule has 1 heterocycles. The first-order valence-corrected chi connectivity index (χ1v) is 9.06. The fourth-order valence-electron chi connectivity index (χ4n) is 3.71. The first kappa shape index (κ1) is 19.8. The van der Waals surface area contributed by atoms with Crippen LogP contribution in [-0.4, -0.2) is 60.3 Å². The van der Waals surface area contributed by atoms with Crippen LogP contribution in [-0.2, 0) is 9.53 Å². The van der Waals surface area contributed by atoms with Crippen LogP contribution < -0.4 is 0 Å². The summed E-state index contributed by atoms with van der Waals surface area (Å²) < 4.78 is 41.0. The van der Waals surface area contributed by atoms with Crippen molar-refractivity contribution in [3.8, 4) is 0 Å². The van der Waals surface area contributed by atoms with Crippen LogP contribution in [0, 0.1) is 0 Å². The maximum absolute atomic E-state index is 12.8. The van der Waals surface area contributed by atoms with Crippen molar-refractivity contribution in [2.45, 2.75) is 76.0 Å². The molecule has 0 radical (unpaired) electrons. The van der Waals surface area contributed by atoms with E-state index in [1.54, 1.807) is 11.9 Å². The number of hydrogen-bond donors (Lipinski definition) is 0. The Balaban J connectivity index is 1.95. The second-order valence-electron chi connectivity index (χ2n) is 6.97. The smallest absolute Gasteiger partial charge is 0.422 e. The van der Waals surface area contributed by atoms with Gasteiger partial charge in [0.1, 0.15) is 6.04 Å². The van der Waals surface area contributed by atoms with E-state index in [0.717, 1.165) is 43.4 Å². The minimum absolute atomic E-state index is 0.140. The summed E-state index contributed by atoms with van der Waals surface area (Å²) in [7, 11) is 1.74. The van der Waals surface area contributed by atoms with Crippen molar-refractivity contribution < 1.29 is 27.5 Å². The summed E-state index contributed by atoms with van der Waals surface area (Å²) >= 11 is 0. The Bertz CT molecular complexity index is 463. The molecule has 0 spiro atoms. The third-order valence-corrected chi connectivity index (χ3v) is 5.10. The third-order valence-electron chi connectivity index (χ3n) is 5.10. The summed E-state index contributed by atoms with van der Waals surface area (Å²) in [6, 6.07) is -0.572. The van der Waals surface area contributed by atoms with Gasteiger partial charge in [0, 0.05) is 19.6 Å². The molecular weight excluding hydrogens is 337 g/mol. The number of halogens is 3. The molecule has 2 aliphatic rings. The van der Waals surface area contributed by atoms with E-state index in [1.807, 2.05) is 0 Å². The number of rotatable bonds is 3. The van der Waals surface area contributed by atoms with Gasteiger partial charge in [-0.3, -0.25) is 9.69 Å². The third kappa shape index (κ3) is 5.78. The average molecular weight is 364 g/mol. The quantitative estimate of drug-likeness (QED) is 0.767. The van der Waals surface area contributed by atoms with Crippen LogP contribution in [0.2, 0.25) is 0 Å². The summed E-state index contributed by atoms with van der Waals surface area (Å²) in [5.41, 5.74) is 0. The Kier molecular flexibility index (Phi) is 6.95. The molecule has 144 valence electrons. The van der Waals surface area contributed by atoms with Crippen LogP contribution in [0.4, 0.5) is 18.0 Å². The van der Waals surface area contributed by atoms with Crippen molar-refractivity contribution in [1.82, 2.24) is 9.80 Å². The first-order valence-electron chi connectivity index (χ1n) is 9.06. The number of nitrogens with zero attached hydrogens (tertiary/aromatic N) is 2. The normalized spacial score (nSPS) is 23.0. The van der Waals surface area contributed by atoms with Gasteiger partial charge in [-0.2, -0.15) is 13.2 Å². The molecule has 1 saturated carbocycles. The zero-order valence-electron chi connectivity index (χ0n) is 14.7. The maximum atomic E-state index is 12.8. The lowest BCUT2D eigenvalue weighted by Gasteiger charge is -2.34. The highest BCUT2D eigenvalue weighted by Gasteiger charge is 2.39. The fraction of sp³-hybridized carbons (Fsp3) is 0.882. The number of hydrogen-bond acceptors (Lipinski definition) is 3. The van der Waals surface area contributed by atoms with Crippen LogP contribution in [0.15, 0.2) is 0 Å². The van der Waals surface area contributed by atoms with Crippen LogP contribution in [0.5, 0.6) is 0 Å². The molecule has 1 saturated heterocycles. The second-order valence-corrected chi connectivity index (χ2v) is 6.97. The number of carbonyl (C=O) groups excluding carboxylic acids is 2. The summed E-state index contributed by atoms with van der Waals surface area (Å²) in [6.45, 7) is -1.37. The largest absolute Gasteiger partial charge is 0.440 e. The summed E-state index contributed by atoms with van der Waals surface area (Å²) in [5, 5.41) is 0. The molecule has 0 N–H and O–H groups in total. The monoisotopic (exact) mass is 364 g/mol. The van der Waals surface area contributed by atoms with E-state index < -0.39 is 24.9 Å². The van der Waals surface area contributed by atoms with E-state index in [2.05, 4.69) is 4.74 Å². The number of alkyl halides is 3. The zero-order valence-corrected chi connectivity index (χ0v) is 14.7. The Morgan fingerprint density at radius 3 is 2.24 bits per heavy atom. The van der Waals surface area contributed by atoms with Crippen molar-refractivity contribution in [2.75, 3.05) is 20.2 Å². The van der Waals surface area contributed by atoms with Gasteiger partial charge >= 0.3 is 12.3 Å². The molecule has 0 aromatic rings. The molecule has 1 unspecified atom stereocenters. The van der Waals surface area contributed by atoms with Gasteiger partial charge in [-0.15, -0.1) is 0 Å². The van der Waals surface area contributed by atoms with Crippen molar-refractivity contribution in [2.24, 2.45) is 0 Å². The lowest BCUT2D eigenvalue weighted by atomic mass is 9.95. The van der Waals surface area contributed by atoms with Crippen molar-refractivity contribution in [3.05, 3.63) is 0 Å². The van der Waals surface area contributed by atoms with Gasteiger partial charge in [0.15, 0.2) is 6.61 Å². The Morgan fingerprint density at radius 2 is 1.64 bits per heavy atom. The minimum atomic E-state index is -4.56. The second kappa shape index (κ2) is 8.76. The van der Waals surface area contributed by atoms with Crippen LogP contribution in [0.1, 0.15) is 57.8 Å². The molecule has 0 aromatic heterocycles. The Labute approximate surface area is 146 Å². The average Bonchev–Trinajstić information content (AvgIpc) is 3.00. The molecule has 2 fully saturated rings. The van der Waals surface area contributed by atoms with Crippen LogP contribution >= 0.6 is 0 Å². The van der Waals surface area contributed by atoms with E-state index in [9.17, 15) is 22.8 Å². The summed E-state index contributed by atoms with van der Waals surface area (Å²) in [6.07, 6.45) is 3.02. The Morgan fingerprint density at radius 1 is 1.04 bits per heavy atom. The van der Waals surface area contributed by atoms with Gasteiger partial charge in [-0.1, -0.05) is 32.1 Å². The molecule has 1 aliphatic heterocycles. The number of likely N-dealkylation sites (N-methyl/N-ethyl adjacent to an activating group) is 1.